The molecule has 20 heavy (non-hydrogen) atoms. The van der Waals surface area contributed by atoms with Crippen LogP contribution in [0.25, 0.3) is 0 Å². The fraction of sp³-hybridized carbons (Fsp3) is 0.833. The van der Waals surface area contributed by atoms with Crippen molar-refractivity contribution in [2.75, 3.05) is 6.67 Å². The summed E-state index contributed by atoms with van der Waals surface area (Å²) in [6.07, 6.45) is -5.29. The second kappa shape index (κ2) is 4.59. The minimum Gasteiger partial charge on any atom is -0.244 e. The van der Waals surface area contributed by atoms with Gasteiger partial charge in [-0.25, -0.2) is 17.6 Å². The van der Waals surface area contributed by atoms with Gasteiger partial charge >= 0.3 is 11.8 Å². The smallest absolute Gasteiger partial charge is 0.244 e. The molecule has 8 heteroatoms. The SMILES string of the molecule is FCC(F)(F)C(F)(F)[C@@H](F)C1(C(F)F)CC2C=CC1C2. The molecule has 0 aromatic heterocycles. The molecule has 0 aromatic rings. The maximum atomic E-state index is 14.0. The van der Waals surface area contributed by atoms with Gasteiger partial charge in [0.2, 0.25) is 6.43 Å². The molecule has 4 atom stereocenters. The fourth-order valence-electron chi connectivity index (χ4n) is 3.19. The Morgan fingerprint density at radius 2 is 1.70 bits per heavy atom. The van der Waals surface area contributed by atoms with E-state index in [9.17, 15) is 35.1 Å². The lowest BCUT2D eigenvalue weighted by Crippen LogP contribution is -2.59. The van der Waals surface area contributed by atoms with Crippen LogP contribution in [0.1, 0.15) is 12.8 Å². The quantitative estimate of drug-likeness (QED) is 0.521. The lowest BCUT2D eigenvalue weighted by molar-refractivity contribution is -0.277. The van der Waals surface area contributed by atoms with Crippen molar-refractivity contribution in [3.8, 4) is 0 Å². The molecule has 0 aromatic carbocycles. The van der Waals surface area contributed by atoms with Crippen molar-refractivity contribution in [1.29, 1.82) is 0 Å². The van der Waals surface area contributed by atoms with E-state index < -0.39 is 54.8 Å². The van der Waals surface area contributed by atoms with Gasteiger partial charge in [0.25, 0.3) is 0 Å². The van der Waals surface area contributed by atoms with Crippen LogP contribution in [0.4, 0.5) is 35.1 Å². The van der Waals surface area contributed by atoms with Gasteiger partial charge in [-0.2, -0.15) is 17.6 Å². The van der Waals surface area contributed by atoms with Crippen molar-refractivity contribution < 1.29 is 35.1 Å². The Morgan fingerprint density at radius 1 is 1.10 bits per heavy atom. The van der Waals surface area contributed by atoms with Gasteiger partial charge in [0, 0.05) is 0 Å². The summed E-state index contributed by atoms with van der Waals surface area (Å²) in [6, 6.07) is 0. The number of allylic oxidation sites excluding steroid dienone is 2. The van der Waals surface area contributed by atoms with E-state index in [1.165, 1.54) is 6.08 Å². The van der Waals surface area contributed by atoms with Gasteiger partial charge in [-0.15, -0.1) is 0 Å². The minimum absolute atomic E-state index is 0.0298. The van der Waals surface area contributed by atoms with Crippen LogP contribution in [0.3, 0.4) is 0 Å². The van der Waals surface area contributed by atoms with Crippen LogP contribution in [0, 0.1) is 17.3 Å². The first-order chi connectivity index (χ1) is 9.09. The lowest BCUT2D eigenvalue weighted by atomic mass is 9.69. The molecule has 2 rings (SSSR count). The third kappa shape index (κ3) is 1.86. The largest absolute Gasteiger partial charge is 0.344 e. The van der Waals surface area contributed by atoms with Crippen LogP contribution in [-0.2, 0) is 0 Å². The Hall–Kier alpha value is -0.820. The molecule has 0 heterocycles. The Morgan fingerprint density at radius 3 is 2.05 bits per heavy atom. The summed E-state index contributed by atoms with van der Waals surface area (Å²) in [5, 5.41) is 0. The zero-order chi connectivity index (χ0) is 15.3. The van der Waals surface area contributed by atoms with Crippen LogP contribution >= 0.6 is 0 Å². The summed E-state index contributed by atoms with van der Waals surface area (Å²) in [6.45, 7) is -2.80. The van der Waals surface area contributed by atoms with E-state index in [1.807, 2.05) is 0 Å². The van der Waals surface area contributed by atoms with Gasteiger partial charge in [-0.05, 0) is 24.7 Å². The normalized spacial score (nSPS) is 35.0. The first-order valence-corrected chi connectivity index (χ1v) is 6.01. The van der Waals surface area contributed by atoms with E-state index in [0.29, 0.717) is 0 Å². The predicted molar refractivity (Wildman–Crippen MR) is 54.6 cm³/mol. The second-order valence-electron chi connectivity index (χ2n) is 5.43. The summed E-state index contributed by atoms with van der Waals surface area (Å²) < 4.78 is 105. The summed E-state index contributed by atoms with van der Waals surface area (Å²) in [5.74, 6) is -12.5. The number of hydrogen-bond acceptors (Lipinski definition) is 0. The number of fused-ring (bicyclic) bond motifs is 2. The molecule has 3 unspecified atom stereocenters. The Bertz CT molecular complexity index is 404. The topological polar surface area (TPSA) is 0 Å². The molecule has 2 aliphatic rings. The molecule has 0 N–H and O–H groups in total. The molecule has 2 aliphatic carbocycles. The highest BCUT2D eigenvalue weighted by molar-refractivity contribution is 5.20. The zero-order valence-corrected chi connectivity index (χ0v) is 10.1. The average molecular weight is 308 g/mol. The highest BCUT2D eigenvalue weighted by Gasteiger charge is 2.72. The van der Waals surface area contributed by atoms with Crippen molar-refractivity contribution in [3.05, 3.63) is 12.2 Å². The van der Waals surface area contributed by atoms with Gasteiger partial charge in [-0.3, -0.25) is 0 Å². The first-order valence-electron chi connectivity index (χ1n) is 6.01. The highest BCUT2D eigenvalue weighted by atomic mass is 19.3. The molecule has 1 saturated carbocycles. The molecule has 2 bridgehead atoms. The van der Waals surface area contributed by atoms with Crippen LogP contribution in [0.15, 0.2) is 12.2 Å². The maximum Gasteiger partial charge on any atom is 0.344 e. The predicted octanol–water partition coefficient (Wildman–Crippen LogP) is 4.41. The van der Waals surface area contributed by atoms with Crippen LogP contribution in [0.5, 0.6) is 0 Å². The number of halogens is 8. The van der Waals surface area contributed by atoms with Gasteiger partial charge in [0.15, 0.2) is 12.8 Å². The number of hydrogen-bond donors (Lipinski definition) is 0. The monoisotopic (exact) mass is 308 g/mol. The molecule has 116 valence electrons. The average Bonchev–Trinajstić information content (AvgIpc) is 2.98. The number of rotatable bonds is 5. The third-order valence-corrected chi connectivity index (χ3v) is 4.33. The van der Waals surface area contributed by atoms with E-state index in [1.54, 1.807) is 0 Å². The van der Waals surface area contributed by atoms with Gasteiger partial charge in [-0.1, -0.05) is 12.2 Å². The minimum atomic E-state index is -5.48. The molecule has 0 spiro atoms. The van der Waals surface area contributed by atoms with E-state index >= 15 is 0 Å². The van der Waals surface area contributed by atoms with Crippen molar-refractivity contribution in [3.63, 3.8) is 0 Å². The van der Waals surface area contributed by atoms with E-state index in [4.69, 9.17) is 0 Å². The third-order valence-electron chi connectivity index (χ3n) is 4.33. The van der Waals surface area contributed by atoms with Crippen molar-refractivity contribution in [1.82, 2.24) is 0 Å². The second-order valence-corrected chi connectivity index (χ2v) is 5.43. The van der Waals surface area contributed by atoms with Crippen LogP contribution in [-0.4, -0.2) is 31.1 Å². The zero-order valence-electron chi connectivity index (χ0n) is 10.1. The number of alkyl halides is 8. The maximum absolute atomic E-state index is 14.0. The van der Waals surface area contributed by atoms with Crippen molar-refractivity contribution in [2.24, 2.45) is 17.3 Å². The van der Waals surface area contributed by atoms with Crippen LogP contribution < -0.4 is 0 Å². The Balaban J connectivity index is 2.39. The Labute approximate surface area is 109 Å². The summed E-state index contributed by atoms with van der Waals surface area (Å²) in [5.41, 5.74) is -2.87. The molecular formula is C12H12F8. The van der Waals surface area contributed by atoms with Crippen molar-refractivity contribution >= 4 is 0 Å². The van der Waals surface area contributed by atoms with E-state index in [0.717, 1.165) is 6.08 Å². The molecule has 0 aliphatic heterocycles. The first kappa shape index (κ1) is 15.6. The van der Waals surface area contributed by atoms with Gasteiger partial charge in [0.1, 0.15) is 0 Å². The van der Waals surface area contributed by atoms with E-state index in [2.05, 4.69) is 0 Å². The van der Waals surface area contributed by atoms with Gasteiger partial charge < -0.3 is 0 Å². The van der Waals surface area contributed by atoms with E-state index in [-0.39, 0.29) is 6.42 Å². The Kier molecular flexibility index (Phi) is 3.57. The molecule has 0 saturated heterocycles. The van der Waals surface area contributed by atoms with Gasteiger partial charge in [0.05, 0.1) is 5.41 Å². The molecule has 0 nitrogen and oxygen atoms in total. The van der Waals surface area contributed by atoms with Crippen LogP contribution in [0.2, 0.25) is 0 Å². The molecule has 0 amide bonds. The standard InChI is InChI=1S/C12H12F8/c13-5-11(17,18)12(19,20)8(14)10(9(15)16)4-6-1-2-7(10)3-6/h1-2,6-9H,3-5H2/t6?,7?,8-,10?/m0/s1. The fourth-order valence-corrected chi connectivity index (χ4v) is 3.19. The lowest BCUT2D eigenvalue weighted by Gasteiger charge is -2.42. The summed E-state index contributed by atoms with van der Waals surface area (Å²) in [4.78, 5) is 0. The summed E-state index contributed by atoms with van der Waals surface area (Å²) in [7, 11) is 0. The van der Waals surface area contributed by atoms with Crippen molar-refractivity contribution in [2.45, 2.75) is 37.3 Å². The molecule has 1 fully saturated rings. The highest BCUT2D eigenvalue weighted by Crippen LogP contribution is 2.61. The summed E-state index contributed by atoms with van der Waals surface area (Å²) >= 11 is 0. The molecular weight excluding hydrogens is 296 g/mol. The molecule has 0 radical (unpaired) electrons.